The summed E-state index contributed by atoms with van der Waals surface area (Å²) < 4.78 is 11.8. The zero-order valence-electron chi connectivity index (χ0n) is 28.4. The molecule has 0 amide bonds. The summed E-state index contributed by atoms with van der Waals surface area (Å²) in [6.07, 6.45) is 44.5. The van der Waals surface area contributed by atoms with Gasteiger partial charge in [-0.1, -0.05) is 141 Å². The monoisotopic (exact) mass is 578 g/mol. The third-order valence-corrected chi connectivity index (χ3v) is 8.15. The highest BCUT2D eigenvalue weighted by atomic mass is 16.5. The van der Waals surface area contributed by atoms with E-state index in [1.54, 1.807) is 0 Å². The molecule has 244 valence electrons. The van der Waals surface area contributed by atoms with E-state index in [0.717, 1.165) is 26.4 Å². The summed E-state index contributed by atoms with van der Waals surface area (Å²) in [4.78, 5) is 0. The molecule has 3 nitrogen and oxygen atoms in total. The van der Waals surface area contributed by atoms with Crippen LogP contribution in [0.15, 0.2) is 24.3 Å². The van der Waals surface area contributed by atoms with Gasteiger partial charge in [-0.2, -0.15) is 0 Å². The highest BCUT2D eigenvalue weighted by Gasteiger charge is 2.06. The van der Waals surface area contributed by atoms with Gasteiger partial charge in [-0.05, 0) is 71.3 Å². The van der Waals surface area contributed by atoms with Crippen LogP contribution in [0.5, 0.6) is 0 Å². The molecule has 0 aliphatic rings. The molecular weight excluding hydrogens is 502 g/mol. The van der Waals surface area contributed by atoms with Gasteiger partial charge in [0.2, 0.25) is 0 Å². The van der Waals surface area contributed by atoms with Gasteiger partial charge in [-0.25, -0.2) is 0 Å². The predicted octanol–water partition coefficient (Wildman–Crippen LogP) is 11.9. The fourth-order valence-corrected chi connectivity index (χ4v) is 5.22. The molecule has 0 rings (SSSR count). The lowest BCUT2D eigenvalue weighted by Crippen LogP contribution is -2.35. The van der Waals surface area contributed by atoms with Crippen LogP contribution in [0.3, 0.4) is 0 Å². The second kappa shape index (κ2) is 37.4. The van der Waals surface area contributed by atoms with Gasteiger partial charge in [0.05, 0.1) is 19.3 Å². The quantitative estimate of drug-likeness (QED) is 0.0600. The normalized spacial score (nSPS) is 12.1. The van der Waals surface area contributed by atoms with E-state index in [4.69, 9.17) is 9.47 Å². The van der Waals surface area contributed by atoms with E-state index in [1.165, 1.54) is 167 Å². The molecule has 0 unspecified atom stereocenters. The smallest absolute Gasteiger partial charge is 0.0642 e. The van der Waals surface area contributed by atoms with Crippen molar-refractivity contribution in [3.63, 3.8) is 0 Å². The van der Waals surface area contributed by atoms with Crippen molar-refractivity contribution in [1.29, 1.82) is 0 Å². The lowest BCUT2D eigenvalue weighted by Gasteiger charge is -2.16. The van der Waals surface area contributed by atoms with E-state index in [1.807, 2.05) is 7.05 Å². The molecule has 0 saturated carbocycles. The van der Waals surface area contributed by atoms with Crippen molar-refractivity contribution in [3.05, 3.63) is 24.3 Å². The van der Waals surface area contributed by atoms with E-state index in [0.29, 0.717) is 6.04 Å². The molecule has 0 aromatic heterocycles. The van der Waals surface area contributed by atoms with Crippen molar-refractivity contribution in [1.82, 2.24) is 5.32 Å². The van der Waals surface area contributed by atoms with E-state index in [-0.39, 0.29) is 0 Å². The van der Waals surface area contributed by atoms with Crippen LogP contribution < -0.4 is 5.32 Å². The van der Waals surface area contributed by atoms with Gasteiger partial charge >= 0.3 is 0 Å². The van der Waals surface area contributed by atoms with Crippen LogP contribution in [0.2, 0.25) is 0 Å². The second-order valence-corrected chi connectivity index (χ2v) is 12.3. The van der Waals surface area contributed by atoms with Gasteiger partial charge in [0.1, 0.15) is 0 Å². The molecule has 41 heavy (non-hydrogen) atoms. The van der Waals surface area contributed by atoms with E-state index < -0.39 is 0 Å². The van der Waals surface area contributed by atoms with E-state index >= 15 is 0 Å². The zero-order valence-corrected chi connectivity index (χ0v) is 28.4. The Kier molecular flexibility index (Phi) is 36.8. The minimum absolute atomic E-state index is 0.307. The molecule has 0 atom stereocenters. The summed E-state index contributed by atoms with van der Waals surface area (Å²) in [5.74, 6) is 0. The van der Waals surface area contributed by atoms with Gasteiger partial charge < -0.3 is 14.8 Å². The van der Waals surface area contributed by atoms with Gasteiger partial charge in [-0.15, -0.1) is 0 Å². The van der Waals surface area contributed by atoms with Crippen molar-refractivity contribution in [3.8, 4) is 0 Å². The minimum Gasteiger partial charge on any atom is -0.380 e. The first-order chi connectivity index (χ1) is 20.3. The molecule has 0 radical (unpaired) electrons. The Balaban J connectivity index is 3.33. The Morgan fingerprint density at radius 1 is 0.415 bits per heavy atom. The molecule has 0 aliphatic heterocycles. The summed E-state index contributed by atoms with van der Waals surface area (Å²) in [5.41, 5.74) is 0. The van der Waals surface area contributed by atoms with Crippen molar-refractivity contribution in [2.75, 3.05) is 33.5 Å². The summed E-state index contributed by atoms with van der Waals surface area (Å²) >= 11 is 0. The molecule has 0 aromatic rings. The van der Waals surface area contributed by atoms with Gasteiger partial charge in [-0.3, -0.25) is 0 Å². The Morgan fingerprint density at radius 3 is 1.02 bits per heavy atom. The van der Waals surface area contributed by atoms with Crippen LogP contribution >= 0.6 is 0 Å². The van der Waals surface area contributed by atoms with E-state index in [9.17, 15) is 0 Å². The Morgan fingerprint density at radius 2 is 0.707 bits per heavy atom. The van der Waals surface area contributed by atoms with Crippen LogP contribution in [0.4, 0.5) is 0 Å². The van der Waals surface area contributed by atoms with Crippen molar-refractivity contribution >= 4 is 0 Å². The largest absolute Gasteiger partial charge is 0.380 e. The number of rotatable bonds is 35. The third kappa shape index (κ3) is 35.5. The maximum Gasteiger partial charge on any atom is 0.0642 e. The van der Waals surface area contributed by atoms with Crippen molar-refractivity contribution < 1.29 is 9.47 Å². The lowest BCUT2D eigenvalue weighted by molar-refractivity contribution is 0.0553. The first-order valence-electron chi connectivity index (χ1n) is 18.5. The van der Waals surface area contributed by atoms with Gasteiger partial charge in [0.15, 0.2) is 0 Å². The Hall–Kier alpha value is -0.640. The summed E-state index contributed by atoms with van der Waals surface area (Å²) in [6, 6.07) is 0.307. The molecule has 0 spiro atoms. The van der Waals surface area contributed by atoms with Crippen molar-refractivity contribution in [2.24, 2.45) is 0 Å². The molecule has 0 aliphatic carbocycles. The molecule has 0 aromatic carbocycles. The molecular formula is C38H75NO2. The molecule has 0 saturated heterocycles. The number of ether oxygens (including phenoxy) is 2. The van der Waals surface area contributed by atoms with Crippen LogP contribution in [-0.2, 0) is 9.47 Å². The molecule has 0 bridgehead atoms. The Bertz CT molecular complexity index is 474. The Labute approximate surface area is 259 Å². The van der Waals surface area contributed by atoms with E-state index in [2.05, 4.69) is 43.5 Å². The topological polar surface area (TPSA) is 30.5 Å². The average Bonchev–Trinajstić information content (AvgIpc) is 2.99. The van der Waals surface area contributed by atoms with Crippen LogP contribution in [0, 0.1) is 0 Å². The zero-order chi connectivity index (χ0) is 29.7. The maximum atomic E-state index is 5.92. The highest BCUT2D eigenvalue weighted by Crippen LogP contribution is 2.11. The minimum atomic E-state index is 0.307. The number of allylic oxidation sites excluding steroid dienone is 4. The van der Waals surface area contributed by atoms with Crippen molar-refractivity contribution in [2.45, 2.75) is 187 Å². The fourth-order valence-electron chi connectivity index (χ4n) is 5.22. The summed E-state index contributed by atoms with van der Waals surface area (Å²) in [6.45, 7) is 7.84. The average molecular weight is 578 g/mol. The standard InChI is InChI=1S/C38H75NO2/c1-4-6-8-10-12-14-16-18-20-22-24-26-28-30-32-34-40-36-38(39-3)37-41-35-33-31-29-27-25-23-21-19-17-15-13-11-9-7-5-2/h18-21,38-39H,4-17,22-37H2,1-3H3/b20-18-,21-19-. The predicted molar refractivity (Wildman–Crippen MR) is 184 cm³/mol. The molecule has 3 heteroatoms. The first kappa shape index (κ1) is 40.4. The number of unbranched alkanes of at least 4 members (excludes halogenated alkanes) is 22. The second-order valence-electron chi connectivity index (χ2n) is 12.3. The highest BCUT2D eigenvalue weighted by molar-refractivity contribution is 4.82. The number of nitrogens with one attached hydrogen (secondary N) is 1. The van der Waals surface area contributed by atoms with Crippen LogP contribution in [0.1, 0.15) is 181 Å². The van der Waals surface area contributed by atoms with Crippen LogP contribution in [0.25, 0.3) is 0 Å². The third-order valence-electron chi connectivity index (χ3n) is 8.15. The van der Waals surface area contributed by atoms with Crippen LogP contribution in [-0.4, -0.2) is 39.5 Å². The number of hydrogen-bond donors (Lipinski definition) is 1. The van der Waals surface area contributed by atoms with Gasteiger partial charge in [0.25, 0.3) is 0 Å². The molecule has 0 fully saturated rings. The van der Waals surface area contributed by atoms with Gasteiger partial charge in [0, 0.05) is 13.2 Å². The maximum absolute atomic E-state index is 5.92. The SMILES string of the molecule is CCCCCCCC/C=C\CCCCCCCOCC(COCCCCCCC/C=C\CCCCCCCC)NC. The number of likely N-dealkylation sites (N-methyl/N-ethyl adjacent to an activating group) is 1. The lowest BCUT2D eigenvalue weighted by atomic mass is 10.1. The fraction of sp³-hybridized carbons (Fsp3) is 0.895. The molecule has 1 N–H and O–H groups in total. The number of hydrogen-bond acceptors (Lipinski definition) is 3. The summed E-state index contributed by atoms with van der Waals surface area (Å²) in [5, 5.41) is 3.35. The summed E-state index contributed by atoms with van der Waals surface area (Å²) in [7, 11) is 2.02. The molecule has 0 heterocycles. The first-order valence-corrected chi connectivity index (χ1v) is 18.5.